The molecule has 0 aromatic heterocycles. The monoisotopic (exact) mass is 540 g/mol. The zero-order valence-electron chi connectivity index (χ0n) is 20.0. The van der Waals surface area contributed by atoms with Gasteiger partial charge in [-0.3, -0.25) is 14.4 Å². The highest BCUT2D eigenvalue weighted by molar-refractivity contribution is 9.09. The Hall–Kier alpha value is -1.71. The Morgan fingerprint density at radius 1 is 1.29 bits per heavy atom. The Kier molecular flexibility index (Phi) is 9.34. The van der Waals surface area contributed by atoms with Crippen LogP contribution in [0.25, 0.3) is 0 Å². The lowest BCUT2D eigenvalue weighted by Crippen LogP contribution is -2.57. The first-order valence-corrected chi connectivity index (χ1v) is 13.2. The molecule has 3 unspecified atom stereocenters. The van der Waals surface area contributed by atoms with Crippen molar-refractivity contribution in [2.45, 2.75) is 68.0 Å². The summed E-state index contributed by atoms with van der Waals surface area (Å²) >= 11 is 3.65. The maximum absolute atomic E-state index is 14.0. The molecule has 2 amide bonds. The van der Waals surface area contributed by atoms with E-state index in [2.05, 4.69) is 36.0 Å². The van der Waals surface area contributed by atoms with Crippen molar-refractivity contribution < 1.29 is 29.0 Å². The van der Waals surface area contributed by atoms with Crippen LogP contribution in [0, 0.1) is 11.8 Å². The number of amides is 2. The van der Waals surface area contributed by atoms with Gasteiger partial charge in [0.05, 0.1) is 17.9 Å². The fourth-order valence-electron chi connectivity index (χ4n) is 5.70. The lowest BCUT2D eigenvalue weighted by molar-refractivity contribution is -0.154. The first-order valence-electron chi connectivity index (χ1n) is 12.3. The van der Waals surface area contributed by atoms with Crippen LogP contribution < -0.4 is 0 Å². The fourth-order valence-corrected chi connectivity index (χ4v) is 6.64. The Morgan fingerprint density at radius 3 is 2.71 bits per heavy atom. The van der Waals surface area contributed by atoms with Gasteiger partial charge in [-0.15, -0.1) is 6.58 Å². The zero-order chi connectivity index (χ0) is 24.9. The normalized spacial score (nSPS) is 31.4. The van der Waals surface area contributed by atoms with E-state index in [1.165, 1.54) is 6.08 Å². The molecule has 0 saturated carbocycles. The molecule has 3 fully saturated rings. The van der Waals surface area contributed by atoms with Gasteiger partial charge in [0.2, 0.25) is 11.8 Å². The minimum absolute atomic E-state index is 0.0558. The van der Waals surface area contributed by atoms with Crippen LogP contribution in [-0.2, 0) is 23.9 Å². The summed E-state index contributed by atoms with van der Waals surface area (Å²) in [4.78, 5) is 44.0. The molecule has 3 aliphatic rings. The molecule has 8 nitrogen and oxygen atoms in total. The van der Waals surface area contributed by atoms with Gasteiger partial charge < -0.3 is 24.4 Å². The lowest BCUT2D eigenvalue weighted by Gasteiger charge is -2.37. The second-order valence-electron chi connectivity index (χ2n) is 9.32. The van der Waals surface area contributed by atoms with Gasteiger partial charge in [-0.05, 0) is 32.1 Å². The van der Waals surface area contributed by atoms with Crippen LogP contribution in [0.1, 0.15) is 45.4 Å². The number of carbonyl (C=O) groups excluding carboxylic acids is 3. The van der Waals surface area contributed by atoms with Gasteiger partial charge in [0.15, 0.2) is 0 Å². The predicted octanol–water partition coefficient (Wildman–Crippen LogP) is 2.44. The minimum atomic E-state index is -1.08. The summed E-state index contributed by atoms with van der Waals surface area (Å²) < 4.78 is 11.8. The van der Waals surface area contributed by atoms with E-state index < -0.39 is 35.6 Å². The number of likely N-dealkylation sites (tertiary alicyclic amines) is 1. The van der Waals surface area contributed by atoms with Crippen molar-refractivity contribution in [3.8, 4) is 0 Å². The Morgan fingerprint density at radius 2 is 2.06 bits per heavy atom. The number of hydrogen-bond acceptors (Lipinski definition) is 6. The summed E-state index contributed by atoms with van der Waals surface area (Å²) in [5.74, 6) is -2.40. The van der Waals surface area contributed by atoms with Gasteiger partial charge in [0, 0.05) is 31.1 Å². The predicted molar refractivity (Wildman–Crippen MR) is 131 cm³/mol. The molecule has 1 N–H and O–H groups in total. The molecular formula is C25H37BrN2O6. The maximum atomic E-state index is 14.0. The standard InChI is InChI=1S/C25H37BrN2O6/c1-4-7-12-27(11-5-2)23(31)21-25-16-17(26)20(34-25)18(24(32)33-15-6-3)19(25)22(30)28(21)13-9-8-10-14-29/h5-6,17-21,29H,2-4,7-16H2,1H3/t17?,18-,19+,20-,21?,25?/m1/s1. The molecule has 6 atom stereocenters. The number of rotatable bonds is 14. The lowest BCUT2D eigenvalue weighted by atomic mass is 9.70. The van der Waals surface area contributed by atoms with Gasteiger partial charge in [-0.2, -0.15) is 0 Å². The van der Waals surface area contributed by atoms with Gasteiger partial charge in [-0.25, -0.2) is 0 Å². The van der Waals surface area contributed by atoms with Crippen LogP contribution in [0.15, 0.2) is 25.3 Å². The van der Waals surface area contributed by atoms with Crippen LogP contribution >= 0.6 is 15.9 Å². The number of aliphatic hydroxyl groups excluding tert-OH is 1. The number of nitrogens with zero attached hydrogens (tertiary/aromatic N) is 2. The molecule has 0 aromatic carbocycles. The van der Waals surface area contributed by atoms with Crippen molar-refractivity contribution in [3.63, 3.8) is 0 Å². The molecule has 2 bridgehead atoms. The second-order valence-corrected chi connectivity index (χ2v) is 10.5. The SMILES string of the molecule is C=CCOC(=O)[C@H]1[C@@H]2OC3(CC2Br)C(C(=O)N(CC=C)CCCC)N(CCCCCO)C(=O)[C@H]13. The number of unbranched alkanes of at least 4 members (excludes halogenated alkanes) is 3. The number of hydrogen-bond donors (Lipinski definition) is 1. The Bertz CT molecular complexity index is 791. The van der Waals surface area contributed by atoms with Crippen molar-refractivity contribution in [2.24, 2.45) is 11.8 Å². The number of esters is 1. The molecule has 34 heavy (non-hydrogen) atoms. The van der Waals surface area contributed by atoms with E-state index in [-0.39, 0.29) is 29.9 Å². The third kappa shape index (κ3) is 4.84. The summed E-state index contributed by atoms with van der Waals surface area (Å²) in [5.41, 5.74) is -1.08. The quantitative estimate of drug-likeness (QED) is 0.157. The van der Waals surface area contributed by atoms with Crippen molar-refractivity contribution in [2.75, 3.05) is 32.8 Å². The summed E-state index contributed by atoms with van der Waals surface area (Å²) in [6, 6.07) is -0.807. The molecule has 3 aliphatic heterocycles. The number of fused-ring (bicyclic) bond motifs is 1. The number of carbonyl (C=O) groups is 3. The van der Waals surface area contributed by atoms with Crippen molar-refractivity contribution in [1.29, 1.82) is 0 Å². The first-order chi connectivity index (χ1) is 16.4. The largest absolute Gasteiger partial charge is 0.461 e. The van der Waals surface area contributed by atoms with Crippen LogP contribution in [-0.4, -0.2) is 88.1 Å². The van der Waals surface area contributed by atoms with E-state index in [1.54, 1.807) is 15.9 Å². The van der Waals surface area contributed by atoms with Gasteiger partial charge >= 0.3 is 5.97 Å². The number of halogens is 1. The van der Waals surface area contributed by atoms with Crippen molar-refractivity contribution in [1.82, 2.24) is 9.80 Å². The topological polar surface area (TPSA) is 96.4 Å². The van der Waals surface area contributed by atoms with Crippen LogP contribution in [0.5, 0.6) is 0 Å². The van der Waals surface area contributed by atoms with Gasteiger partial charge in [-0.1, -0.05) is 48.0 Å². The second kappa shape index (κ2) is 11.8. The molecular weight excluding hydrogens is 504 g/mol. The average Bonchev–Trinajstić information content (AvgIpc) is 3.41. The molecule has 0 aliphatic carbocycles. The van der Waals surface area contributed by atoms with E-state index in [4.69, 9.17) is 14.6 Å². The molecule has 1 spiro atoms. The van der Waals surface area contributed by atoms with Crippen molar-refractivity contribution in [3.05, 3.63) is 25.3 Å². The zero-order valence-corrected chi connectivity index (χ0v) is 21.6. The Balaban J connectivity index is 1.97. The summed E-state index contributed by atoms with van der Waals surface area (Å²) in [6.07, 6.45) is 6.93. The molecule has 0 aromatic rings. The van der Waals surface area contributed by atoms with Crippen molar-refractivity contribution >= 4 is 33.7 Å². The van der Waals surface area contributed by atoms with E-state index in [0.717, 1.165) is 19.3 Å². The van der Waals surface area contributed by atoms with Crippen LogP contribution in [0.3, 0.4) is 0 Å². The molecule has 190 valence electrons. The minimum Gasteiger partial charge on any atom is -0.461 e. The highest BCUT2D eigenvalue weighted by atomic mass is 79.9. The molecule has 3 saturated heterocycles. The molecule has 3 rings (SSSR count). The third-order valence-corrected chi connectivity index (χ3v) is 7.98. The van der Waals surface area contributed by atoms with Crippen LogP contribution in [0.2, 0.25) is 0 Å². The average molecular weight is 541 g/mol. The number of aliphatic hydroxyl groups is 1. The van der Waals surface area contributed by atoms with E-state index in [9.17, 15) is 14.4 Å². The Labute approximate surface area is 210 Å². The van der Waals surface area contributed by atoms with Gasteiger partial charge in [0.1, 0.15) is 18.2 Å². The summed E-state index contributed by atoms with van der Waals surface area (Å²) in [7, 11) is 0. The highest BCUT2D eigenvalue weighted by Gasteiger charge is 2.77. The van der Waals surface area contributed by atoms with E-state index in [1.807, 2.05) is 0 Å². The number of ether oxygens (including phenoxy) is 2. The molecule has 0 radical (unpaired) electrons. The molecule has 3 heterocycles. The first kappa shape index (κ1) is 26.9. The number of alkyl halides is 1. The maximum Gasteiger partial charge on any atom is 0.312 e. The van der Waals surface area contributed by atoms with E-state index in [0.29, 0.717) is 38.9 Å². The third-order valence-electron chi connectivity index (χ3n) is 7.14. The molecule has 9 heteroatoms. The van der Waals surface area contributed by atoms with Crippen LogP contribution in [0.4, 0.5) is 0 Å². The smallest absolute Gasteiger partial charge is 0.312 e. The van der Waals surface area contributed by atoms with E-state index >= 15 is 0 Å². The van der Waals surface area contributed by atoms with Gasteiger partial charge in [0.25, 0.3) is 0 Å². The highest BCUT2D eigenvalue weighted by Crippen LogP contribution is 2.60. The summed E-state index contributed by atoms with van der Waals surface area (Å²) in [6.45, 7) is 10.9. The fraction of sp³-hybridized carbons (Fsp3) is 0.720. The summed E-state index contributed by atoms with van der Waals surface area (Å²) in [5, 5.41) is 9.14.